The molecule has 0 N–H and O–H groups in total. The van der Waals surface area contributed by atoms with Crippen LogP contribution in [0.25, 0.3) is 0 Å². The predicted octanol–water partition coefficient (Wildman–Crippen LogP) is 2.57. The Balaban J connectivity index is 1.06. The summed E-state index contributed by atoms with van der Waals surface area (Å²) in [6.45, 7) is 6.62. The minimum atomic E-state index is 0.338. The molecule has 7 nitrogen and oxygen atoms in total. The van der Waals surface area contributed by atoms with Gasteiger partial charge in [0, 0.05) is 51.8 Å². The number of morpholine rings is 1. The monoisotopic (exact) mass is 425 g/mol. The molecule has 1 aromatic heterocycles. The zero-order valence-electron chi connectivity index (χ0n) is 18.5. The molecular formula is C24H35N5O2. The number of nitrogens with zero attached hydrogens (tertiary/aromatic N) is 5. The molecule has 31 heavy (non-hydrogen) atoms. The van der Waals surface area contributed by atoms with Crippen molar-refractivity contribution >= 4 is 17.4 Å². The quantitative estimate of drug-likeness (QED) is 0.739. The molecular weight excluding hydrogens is 390 g/mol. The van der Waals surface area contributed by atoms with Crippen LogP contribution < -0.4 is 9.80 Å². The Bertz CT molecular complexity index is 781. The number of hydrogen-bond donors (Lipinski definition) is 0. The zero-order valence-corrected chi connectivity index (χ0v) is 18.5. The van der Waals surface area contributed by atoms with E-state index < -0.39 is 0 Å². The van der Waals surface area contributed by atoms with Gasteiger partial charge in [-0.25, -0.2) is 0 Å². The van der Waals surface area contributed by atoms with Gasteiger partial charge in [-0.05, 0) is 61.7 Å². The van der Waals surface area contributed by atoms with Crippen LogP contribution in [-0.2, 0) is 9.53 Å². The first-order chi connectivity index (χ1) is 15.2. The van der Waals surface area contributed by atoms with E-state index >= 15 is 0 Å². The third-order valence-electron chi connectivity index (χ3n) is 8.65. The zero-order chi connectivity index (χ0) is 20.8. The average molecular weight is 426 g/mol. The van der Waals surface area contributed by atoms with Gasteiger partial charge in [0.1, 0.15) is 0 Å². The van der Waals surface area contributed by atoms with Crippen molar-refractivity contribution in [3.63, 3.8) is 0 Å². The SMILES string of the molecule is O=C(CC12CC3CC(CC(C3)C1)C2)N1CCN(c2cnnc(N3CCOCC3)c2)CC1. The van der Waals surface area contributed by atoms with Gasteiger partial charge in [0.25, 0.3) is 0 Å². The molecule has 6 aliphatic rings. The highest BCUT2D eigenvalue weighted by Crippen LogP contribution is 2.61. The fourth-order valence-corrected chi connectivity index (χ4v) is 7.62. The van der Waals surface area contributed by atoms with Gasteiger partial charge in [0.15, 0.2) is 5.82 Å². The van der Waals surface area contributed by atoms with Crippen LogP contribution >= 0.6 is 0 Å². The van der Waals surface area contributed by atoms with E-state index in [2.05, 4.69) is 31.0 Å². The third-order valence-corrected chi connectivity index (χ3v) is 8.65. The van der Waals surface area contributed by atoms with E-state index in [0.717, 1.165) is 88.2 Å². The highest BCUT2D eigenvalue weighted by Gasteiger charge is 2.51. The lowest BCUT2D eigenvalue weighted by Crippen LogP contribution is -2.52. The van der Waals surface area contributed by atoms with Gasteiger partial charge in [-0.2, -0.15) is 5.10 Å². The molecule has 3 heterocycles. The fraction of sp³-hybridized carbons (Fsp3) is 0.792. The van der Waals surface area contributed by atoms with Crippen LogP contribution in [0.2, 0.25) is 0 Å². The molecule has 7 rings (SSSR count). The normalized spacial score (nSPS) is 35.0. The highest BCUT2D eigenvalue weighted by atomic mass is 16.5. The molecule has 0 spiro atoms. The van der Waals surface area contributed by atoms with Crippen molar-refractivity contribution in [2.45, 2.75) is 44.9 Å². The number of aromatic nitrogens is 2. The van der Waals surface area contributed by atoms with Crippen molar-refractivity contribution in [2.75, 3.05) is 62.3 Å². The molecule has 0 atom stereocenters. The second-order valence-electron chi connectivity index (χ2n) is 10.8. The molecule has 2 aliphatic heterocycles. The predicted molar refractivity (Wildman–Crippen MR) is 119 cm³/mol. The van der Waals surface area contributed by atoms with E-state index in [4.69, 9.17) is 4.74 Å². The van der Waals surface area contributed by atoms with Crippen molar-refractivity contribution in [1.29, 1.82) is 0 Å². The molecule has 0 unspecified atom stereocenters. The fourth-order valence-electron chi connectivity index (χ4n) is 7.62. The standard InChI is InChI=1S/C24H35N5O2/c30-23(16-24-13-18-9-19(14-24)11-20(10-18)15-24)29-3-1-27(2-4-29)21-12-22(26-25-17-21)28-5-7-31-8-6-28/h12,17-20H,1-11,13-16H2. The largest absolute Gasteiger partial charge is 0.378 e. The van der Waals surface area contributed by atoms with Crippen molar-refractivity contribution < 1.29 is 9.53 Å². The topological polar surface area (TPSA) is 61.8 Å². The summed E-state index contributed by atoms with van der Waals surface area (Å²) in [5.41, 5.74) is 1.45. The maximum Gasteiger partial charge on any atom is 0.223 e. The third kappa shape index (κ3) is 3.90. The molecule has 7 heteroatoms. The van der Waals surface area contributed by atoms with E-state index in [0.29, 0.717) is 11.3 Å². The Morgan fingerprint density at radius 1 is 0.935 bits per heavy atom. The average Bonchev–Trinajstić information content (AvgIpc) is 2.79. The summed E-state index contributed by atoms with van der Waals surface area (Å²) >= 11 is 0. The van der Waals surface area contributed by atoms with Gasteiger partial charge in [-0.1, -0.05) is 0 Å². The van der Waals surface area contributed by atoms with Crippen LogP contribution in [0.1, 0.15) is 44.9 Å². The second kappa shape index (κ2) is 7.91. The number of carbonyl (C=O) groups is 1. The first kappa shape index (κ1) is 19.8. The van der Waals surface area contributed by atoms with Gasteiger partial charge in [-0.3, -0.25) is 4.79 Å². The number of carbonyl (C=O) groups excluding carboxylic acids is 1. The molecule has 6 fully saturated rings. The minimum Gasteiger partial charge on any atom is -0.378 e. The van der Waals surface area contributed by atoms with E-state index in [9.17, 15) is 4.79 Å². The Labute approximate surface area is 185 Å². The lowest BCUT2D eigenvalue weighted by atomic mass is 9.49. The summed E-state index contributed by atoms with van der Waals surface area (Å²) in [4.78, 5) is 20.0. The van der Waals surface area contributed by atoms with Crippen LogP contribution in [0.3, 0.4) is 0 Å². The van der Waals surface area contributed by atoms with Crippen LogP contribution in [0.15, 0.2) is 12.3 Å². The van der Waals surface area contributed by atoms with Crippen molar-refractivity contribution in [3.05, 3.63) is 12.3 Å². The Morgan fingerprint density at radius 3 is 2.23 bits per heavy atom. The Hall–Kier alpha value is -1.89. The van der Waals surface area contributed by atoms with Crippen molar-refractivity contribution in [3.8, 4) is 0 Å². The first-order valence-electron chi connectivity index (χ1n) is 12.3. The van der Waals surface area contributed by atoms with Gasteiger partial charge in [0.05, 0.1) is 25.1 Å². The summed E-state index contributed by atoms with van der Waals surface area (Å²) in [5, 5.41) is 8.59. The molecule has 1 aromatic rings. The van der Waals surface area contributed by atoms with Gasteiger partial charge in [-0.15, -0.1) is 5.10 Å². The van der Waals surface area contributed by atoms with E-state index in [1.165, 1.54) is 38.5 Å². The van der Waals surface area contributed by atoms with E-state index in [1.807, 2.05) is 6.20 Å². The number of anilines is 2. The molecule has 0 aromatic carbocycles. The maximum atomic E-state index is 13.3. The molecule has 2 saturated heterocycles. The first-order valence-corrected chi connectivity index (χ1v) is 12.3. The van der Waals surface area contributed by atoms with Gasteiger partial charge in [0.2, 0.25) is 5.91 Å². The number of hydrogen-bond acceptors (Lipinski definition) is 6. The van der Waals surface area contributed by atoms with Crippen molar-refractivity contribution in [2.24, 2.45) is 23.2 Å². The summed E-state index contributed by atoms with van der Waals surface area (Å²) in [6.07, 6.45) is 10.9. The molecule has 1 amide bonds. The molecule has 4 bridgehead atoms. The number of amides is 1. The number of ether oxygens (including phenoxy) is 1. The second-order valence-corrected chi connectivity index (χ2v) is 10.8. The minimum absolute atomic E-state index is 0.338. The Morgan fingerprint density at radius 2 is 1.58 bits per heavy atom. The van der Waals surface area contributed by atoms with Crippen LogP contribution in [0.4, 0.5) is 11.5 Å². The highest BCUT2D eigenvalue weighted by molar-refractivity contribution is 5.77. The van der Waals surface area contributed by atoms with Crippen molar-refractivity contribution in [1.82, 2.24) is 15.1 Å². The van der Waals surface area contributed by atoms with Gasteiger partial charge >= 0.3 is 0 Å². The Kier molecular flexibility index (Phi) is 5.04. The smallest absolute Gasteiger partial charge is 0.223 e. The lowest BCUT2D eigenvalue weighted by Gasteiger charge is -2.57. The molecule has 4 saturated carbocycles. The molecule has 168 valence electrons. The van der Waals surface area contributed by atoms with E-state index in [1.54, 1.807) is 0 Å². The number of piperazine rings is 1. The summed E-state index contributed by atoms with van der Waals surface area (Å²) in [7, 11) is 0. The summed E-state index contributed by atoms with van der Waals surface area (Å²) in [6, 6.07) is 2.14. The van der Waals surface area contributed by atoms with Crippen LogP contribution in [0.5, 0.6) is 0 Å². The summed E-state index contributed by atoms with van der Waals surface area (Å²) < 4.78 is 5.45. The lowest BCUT2D eigenvalue weighted by molar-refractivity contribution is -0.139. The van der Waals surface area contributed by atoms with Crippen LogP contribution in [-0.4, -0.2) is 73.5 Å². The van der Waals surface area contributed by atoms with E-state index in [-0.39, 0.29) is 0 Å². The van der Waals surface area contributed by atoms with Crippen LogP contribution in [0, 0.1) is 23.2 Å². The molecule has 4 aliphatic carbocycles. The van der Waals surface area contributed by atoms with Gasteiger partial charge < -0.3 is 19.4 Å². The summed E-state index contributed by atoms with van der Waals surface area (Å²) in [5.74, 6) is 4.08. The number of rotatable bonds is 4. The molecule has 0 radical (unpaired) electrons. The maximum absolute atomic E-state index is 13.3.